The molecule has 0 spiro atoms. The van der Waals surface area contributed by atoms with E-state index in [0.717, 1.165) is 42.6 Å². The molecule has 3 rings (SSSR count). The van der Waals surface area contributed by atoms with Crippen molar-refractivity contribution in [2.75, 3.05) is 45.1 Å². The van der Waals surface area contributed by atoms with Crippen molar-refractivity contribution < 1.29 is 18.0 Å². The first kappa shape index (κ1) is 20.3. The van der Waals surface area contributed by atoms with Crippen LogP contribution in [0.1, 0.15) is 36.9 Å². The minimum absolute atomic E-state index is 0.207. The lowest BCUT2D eigenvalue weighted by molar-refractivity contribution is 0.197. The minimum atomic E-state index is -3.36. The van der Waals surface area contributed by atoms with E-state index in [0.29, 0.717) is 25.6 Å². The maximum Gasteiger partial charge on any atom is 0.216 e. The first-order valence-electron chi connectivity index (χ1n) is 9.61. The van der Waals surface area contributed by atoms with Crippen LogP contribution in [0.4, 0.5) is 0 Å². The predicted octanol–water partition coefficient (Wildman–Crippen LogP) is 1.96. The second kappa shape index (κ2) is 8.68. The van der Waals surface area contributed by atoms with E-state index < -0.39 is 10.0 Å². The van der Waals surface area contributed by atoms with Gasteiger partial charge >= 0.3 is 0 Å². The van der Waals surface area contributed by atoms with Crippen molar-refractivity contribution in [3.05, 3.63) is 29.5 Å². The van der Waals surface area contributed by atoms with Crippen LogP contribution in [-0.4, -0.2) is 73.0 Å². The molecule has 0 saturated carbocycles. The van der Waals surface area contributed by atoms with E-state index in [1.165, 1.54) is 9.87 Å². The number of hydrogen-bond acceptors (Lipinski definition) is 6. The SMILES string of the molecule is CCN(CCN1CCC(c2noc3ccc(C)cc23)CC1)S(=O)(=O)CCO. The lowest BCUT2D eigenvalue weighted by atomic mass is 9.91. The average Bonchev–Trinajstić information content (AvgIpc) is 3.05. The zero-order valence-electron chi connectivity index (χ0n) is 16.1. The maximum absolute atomic E-state index is 12.1. The van der Waals surface area contributed by atoms with Gasteiger partial charge in [-0.25, -0.2) is 12.7 Å². The molecule has 1 aromatic carbocycles. The number of piperidine rings is 1. The molecule has 1 saturated heterocycles. The second-order valence-corrected chi connectivity index (χ2v) is 9.30. The summed E-state index contributed by atoms with van der Waals surface area (Å²) in [4.78, 5) is 2.31. The van der Waals surface area contributed by atoms with E-state index in [-0.39, 0.29) is 12.4 Å². The number of fused-ring (bicyclic) bond motifs is 1. The van der Waals surface area contributed by atoms with E-state index >= 15 is 0 Å². The topological polar surface area (TPSA) is 86.9 Å². The fourth-order valence-corrected chi connectivity index (χ4v) is 5.03. The first-order chi connectivity index (χ1) is 12.9. The second-order valence-electron chi connectivity index (χ2n) is 7.21. The van der Waals surface area contributed by atoms with Gasteiger partial charge in [0.2, 0.25) is 10.0 Å². The Bertz CT molecular complexity index is 857. The number of hydrogen-bond donors (Lipinski definition) is 1. The van der Waals surface area contributed by atoms with Gasteiger partial charge in [-0.2, -0.15) is 0 Å². The highest BCUT2D eigenvalue weighted by Crippen LogP contribution is 2.32. The van der Waals surface area contributed by atoms with Crippen LogP contribution >= 0.6 is 0 Å². The summed E-state index contributed by atoms with van der Waals surface area (Å²) in [5.74, 6) is 0.173. The molecule has 1 N–H and O–H groups in total. The van der Waals surface area contributed by atoms with Gasteiger partial charge in [0.25, 0.3) is 0 Å². The number of likely N-dealkylation sites (N-methyl/N-ethyl adjacent to an activating group) is 1. The van der Waals surface area contributed by atoms with Crippen molar-refractivity contribution in [3.8, 4) is 0 Å². The third-order valence-corrected chi connectivity index (χ3v) is 7.31. The molecule has 0 atom stereocenters. The van der Waals surface area contributed by atoms with Crippen LogP contribution in [0.5, 0.6) is 0 Å². The molecule has 1 fully saturated rings. The molecule has 2 aromatic rings. The Morgan fingerprint density at radius 2 is 2.07 bits per heavy atom. The van der Waals surface area contributed by atoms with Gasteiger partial charge in [-0.05, 0) is 45.0 Å². The van der Waals surface area contributed by atoms with Gasteiger partial charge in [0, 0.05) is 30.9 Å². The van der Waals surface area contributed by atoms with E-state index in [2.05, 4.69) is 23.0 Å². The third-order valence-electron chi connectivity index (χ3n) is 5.39. The summed E-state index contributed by atoms with van der Waals surface area (Å²) in [7, 11) is -3.36. The van der Waals surface area contributed by atoms with E-state index in [9.17, 15) is 8.42 Å². The lowest BCUT2D eigenvalue weighted by Gasteiger charge is -2.32. The molecule has 0 aliphatic carbocycles. The molecule has 0 amide bonds. The smallest absolute Gasteiger partial charge is 0.216 e. The Morgan fingerprint density at radius 3 is 2.74 bits per heavy atom. The molecular formula is C19H29N3O4S. The highest BCUT2D eigenvalue weighted by Gasteiger charge is 2.26. The van der Waals surface area contributed by atoms with Gasteiger partial charge in [0.05, 0.1) is 18.1 Å². The van der Waals surface area contributed by atoms with Crippen LogP contribution in [0, 0.1) is 6.92 Å². The summed E-state index contributed by atoms with van der Waals surface area (Å²) in [5, 5.41) is 14.4. The zero-order valence-corrected chi connectivity index (χ0v) is 16.9. The molecule has 0 bridgehead atoms. The highest BCUT2D eigenvalue weighted by molar-refractivity contribution is 7.89. The largest absolute Gasteiger partial charge is 0.395 e. The van der Waals surface area contributed by atoms with Gasteiger partial charge in [0.1, 0.15) is 0 Å². The molecule has 7 nitrogen and oxygen atoms in total. The highest BCUT2D eigenvalue weighted by atomic mass is 32.2. The predicted molar refractivity (Wildman–Crippen MR) is 105 cm³/mol. The number of rotatable bonds is 8. The van der Waals surface area contributed by atoms with E-state index in [1.54, 1.807) is 0 Å². The molecule has 1 aliphatic heterocycles. The Balaban J connectivity index is 1.56. The van der Waals surface area contributed by atoms with Crippen LogP contribution < -0.4 is 0 Å². The first-order valence-corrected chi connectivity index (χ1v) is 11.2. The molecule has 1 aromatic heterocycles. The van der Waals surface area contributed by atoms with Crippen molar-refractivity contribution in [3.63, 3.8) is 0 Å². The maximum atomic E-state index is 12.1. The summed E-state index contributed by atoms with van der Waals surface area (Å²) in [6.07, 6.45) is 1.98. The normalized spacial score (nSPS) is 17.2. The van der Waals surface area contributed by atoms with Crippen LogP contribution in [0.3, 0.4) is 0 Å². The molecule has 0 unspecified atom stereocenters. The van der Waals surface area contributed by atoms with E-state index in [1.807, 2.05) is 19.1 Å². The monoisotopic (exact) mass is 395 g/mol. The molecular weight excluding hydrogens is 366 g/mol. The van der Waals surface area contributed by atoms with Gasteiger partial charge in [-0.3, -0.25) is 0 Å². The Kier molecular flexibility index (Phi) is 6.52. The van der Waals surface area contributed by atoms with Crippen molar-refractivity contribution in [1.82, 2.24) is 14.4 Å². The Labute approximate surface area is 161 Å². The van der Waals surface area contributed by atoms with E-state index in [4.69, 9.17) is 9.63 Å². The molecule has 27 heavy (non-hydrogen) atoms. The van der Waals surface area contributed by atoms with Gasteiger partial charge in [-0.1, -0.05) is 23.7 Å². The standard InChI is InChI=1S/C19H29N3O4S/c1-3-22(27(24,25)13-12-23)11-10-21-8-6-16(7-9-21)19-17-14-15(2)4-5-18(17)26-20-19/h4-5,14,16,23H,3,6-13H2,1-2H3. The van der Waals surface area contributed by atoms with Crippen LogP contribution in [0.2, 0.25) is 0 Å². The number of aliphatic hydroxyl groups is 1. The number of aromatic nitrogens is 1. The molecule has 150 valence electrons. The van der Waals surface area contributed by atoms with Gasteiger partial charge in [-0.15, -0.1) is 0 Å². The van der Waals surface area contributed by atoms with Gasteiger partial charge in [0.15, 0.2) is 5.58 Å². The number of likely N-dealkylation sites (tertiary alicyclic amines) is 1. The van der Waals surface area contributed by atoms with Crippen molar-refractivity contribution >= 4 is 21.0 Å². The van der Waals surface area contributed by atoms with Crippen molar-refractivity contribution in [2.45, 2.75) is 32.6 Å². The molecule has 1 aliphatic rings. The Morgan fingerprint density at radius 1 is 1.33 bits per heavy atom. The zero-order chi connectivity index (χ0) is 19.4. The van der Waals surface area contributed by atoms with Crippen LogP contribution in [0.25, 0.3) is 11.0 Å². The Hall–Kier alpha value is -1.48. The van der Waals surface area contributed by atoms with Gasteiger partial charge < -0.3 is 14.5 Å². The third kappa shape index (κ3) is 4.68. The summed E-state index contributed by atoms with van der Waals surface area (Å²) in [6.45, 7) is 7.02. The number of aliphatic hydroxyl groups excluding tert-OH is 1. The molecule has 0 radical (unpaired) electrons. The summed E-state index contributed by atoms with van der Waals surface area (Å²) >= 11 is 0. The summed E-state index contributed by atoms with van der Waals surface area (Å²) in [5.41, 5.74) is 3.09. The summed E-state index contributed by atoms with van der Waals surface area (Å²) in [6, 6.07) is 6.14. The molecule has 2 heterocycles. The number of nitrogens with zero attached hydrogens (tertiary/aromatic N) is 3. The van der Waals surface area contributed by atoms with Crippen LogP contribution in [-0.2, 0) is 10.0 Å². The van der Waals surface area contributed by atoms with Crippen LogP contribution in [0.15, 0.2) is 22.7 Å². The average molecular weight is 396 g/mol. The number of sulfonamides is 1. The fourth-order valence-electron chi connectivity index (χ4n) is 3.79. The lowest BCUT2D eigenvalue weighted by Crippen LogP contribution is -2.42. The quantitative estimate of drug-likeness (QED) is 0.735. The number of benzene rings is 1. The molecule has 8 heteroatoms. The minimum Gasteiger partial charge on any atom is -0.395 e. The fraction of sp³-hybridized carbons (Fsp3) is 0.632. The summed E-state index contributed by atoms with van der Waals surface area (Å²) < 4.78 is 31.2. The van der Waals surface area contributed by atoms with Crippen molar-refractivity contribution in [1.29, 1.82) is 0 Å². The van der Waals surface area contributed by atoms with Crippen molar-refractivity contribution in [2.24, 2.45) is 0 Å². The number of aryl methyl sites for hydroxylation is 1.